The summed E-state index contributed by atoms with van der Waals surface area (Å²) >= 11 is 0. The van der Waals surface area contributed by atoms with Gasteiger partial charge in [-0.05, 0) is 12.0 Å². The zero-order chi connectivity index (χ0) is 17.7. The van der Waals surface area contributed by atoms with Crippen LogP contribution in [0.3, 0.4) is 0 Å². The Morgan fingerprint density at radius 3 is 2.33 bits per heavy atom. The molecule has 0 bridgehead atoms. The highest BCUT2D eigenvalue weighted by atomic mass is 16.5. The minimum atomic E-state index is -1.44. The highest BCUT2D eigenvalue weighted by Crippen LogP contribution is 2.25. The largest absolute Gasteiger partial charge is 0.465 e. The van der Waals surface area contributed by atoms with Gasteiger partial charge in [-0.25, -0.2) is 4.79 Å². The minimum absolute atomic E-state index is 0.0980. The molecule has 1 heterocycles. The van der Waals surface area contributed by atoms with E-state index in [0.29, 0.717) is 11.1 Å². The maximum absolute atomic E-state index is 12.0. The van der Waals surface area contributed by atoms with Crippen LogP contribution in [0, 0.1) is 0 Å². The van der Waals surface area contributed by atoms with Crippen molar-refractivity contribution in [3.63, 3.8) is 0 Å². The van der Waals surface area contributed by atoms with E-state index < -0.39 is 43.1 Å². The Bertz CT molecular complexity index is 570. The zero-order valence-electron chi connectivity index (χ0n) is 13.3. The third kappa shape index (κ3) is 4.00. The number of ether oxygens (including phenoxy) is 2. The highest BCUT2D eigenvalue weighted by Gasteiger charge is 2.42. The van der Waals surface area contributed by atoms with E-state index in [1.807, 2.05) is 6.07 Å². The second kappa shape index (κ2) is 8.36. The first-order valence-corrected chi connectivity index (χ1v) is 7.64. The number of carbonyl (C=O) groups is 1. The van der Waals surface area contributed by atoms with Crippen LogP contribution in [0.1, 0.15) is 12.0 Å². The Labute approximate surface area is 139 Å². The molecule has 0 unspecified atom stereocenters. The van der Waals surface area contributed by atoms with Crippen LogP contribution in [0.4, 0.5) is 0 Å². The molecule has 24 heavy (non-hydrogen) atoms. The van der Waals surface area contributed by atoms with E-state index in [9.17, 15) is 25.2 Å². The fourth-order valence-electron chi connectivity index (χ4n) is 2.65. The standard InChI is InChI=1S/C17H22O7/c1-23-17(22)11(10-5-3-2-4-6-10)7-8-12-14(19)16(21)15(20)13(9-18)24-12/h2-7,12-16,18-21H,8-9H2,1H3/t12-,13+,14-,15-,16+/m0/s1. The number of hydrogen-bond donors (Lipinski definition) is 4. The van der Waals surface area contributed by atoms with Crippen molar-refractivity contribution in [3.05, 3.63) is 42.0 Å². The van der Waals surface area contributed by atoms with Gasteiger partial charge in [0, 0.05) is 0 Å². The van der Waals surface area contributed by atoms with E-state index in [1.165, 1.54) is 7.11 Å². The van der Waals surface area contributed by atoms with Crippen molar-refractivity contribution < 1.29 is 34.7 Å². The van der Waals surface area contributed by atoms with Gasteiger partial charge in [0.1, 0.15) is 24.4 Å². The predicted molar refractivity (Wildman–Crippen MR) is 84.8 cm³/mol. The lowest BCUT2D eigenvalue weighted by Crippen LogP contribution is -2.58. The number of hydrogen-bond acceptors (Lipinski definition) is 7. The van der Waals surface area contributed by atoms with Crippen molar-refractivity contribution >= 4 is 11.5 Å². The summed E-state index contributed by atoms with van der Waals surface area (Å²) in [4.78, 5) is 12.0. The quantitative estimate of drug-likeness (QED) is 0.421. The molecule has 5 atom stereocenters. The minimum Gasteiger partial charge on any atom is -0.465 e. The van der Waals surface area contributed by atoms with Gasteiger partial charge in [-0.3, -0.25) is 0 Å². The molecule has 132 valence electrons. The highest BCUT2D eigenvalue weighted by molar-refractivity contribution is 6.16. The average Bonchev–Trinajstić information content (AvgIpc) is 2.62. The van der Waals surface area contributed by atoms with Crippen LogP contribution in [0.2, 0.25) is 0 Å². The predicted octanol–water partition coefficient (Wildman–Crippen LogP) is -0.525. The van der Waals surface area contributed by atoms with Crippen molar-refractivity contribution in [2.24, 2.45) is 0 Å². The number of benzene rings is 1. The average molecular weight is 338 g/mol. The molecule has 0 saturated carbocycles. The van der Waals surface area contributed by atoms with Crippen molar-refractivity contribution in [2.75, 3.05) is 13.7 Å². The van der Waals surface area contributed by atoms with E-state index in [2.05, 4.69) is 0 Å². The van der Waals surface area contributed by atoms with Crippen molar-refractivity contribution in [2.45, 2.75) is 36.9 Å². The zero-order valence-corrected chi connectivity index (χ0v) is 13.3. The summed E-state index contributed by atoms with van der Waals surface area (Å²) in [5.74, 6) is -0.536. The van der Waals surface area contributed by atoms with Crippen LogP contribution >= 0.6 is 0 Å². The Balaban J connectivity index is 2.20. The Hall–Kier alpha value is -1.77. The molecule has 0 radical (unpaired) electrons. The van der Waals surface area contributed by atoms with Gasteiger partial charge in [0.15, 0.2) is 0 Å². The summed E-state index contributed by atoms with van der Waals surface area (Å²) in [6.45, 7) is -0.492. The van der Waals surface area contributed by atoms with Crippen LogP contribution < -0.4 is 0 Å². The van der Waals surface area contributed by atoms with E-state index in [1.54, 1.807) is 30.3 Å². The molecule has 1 aromatic carbocycles. The number of esters is 1. The number of carbonyl (C=O) groups excluding carboxylic acids is 1. The van der Waals surface area contributed by atoms with Gasteiger partial charge in [0.25, 0.3) is 0 Å². The second-order valence-electron chi connectivity index (χ2n) is 5.58. The van der Waals surface area contributed by atoms with E-state index in [0.717, 1.165) is 0 Å². The molecule has 0 spiro atoms. The molecule has 1 aromatic rings. The fraction of sp³-hybridized carbons (Fsp3) is 0.471. The lowest BCUT2D eigenvalue weighted by molar-refractivity contribution is -0.227. The third-order valence-electron chi connectivity index (χ3n) is 4.04. The van der Waals surface area contributed by atoms with Crippen molar-refractivity contribution in [1.82, 2.24) is 0 Å². The smallest absolute Gasteiger partial charge is 0.338 e. The van der Waals surface area contributed by atoms with E-state index >= 15 is 0 Å². The van der Waals surface area contributed by atoms with Crippen LogP contribution in [-0.4, -0.2) is 70.6 Å². The lowest BCUT2D eigenvalue weighted by atomic mass is 9.92. The number of rotatable bonds is 5. The molecule has 2 rings (SSSR count). The molecular weight excluding hydrogens is 316 g/mol. The van der Waals surface area contributed by atoms with Crippen LogP contribution in [0.5, 0.6) is 0 Å². The van der Waals surface area contributed by atoms with E-state index in [-0.39, 0.29) is 6.42 Å². The number of aliphatic hydroxyl groups is 4. The van der Waals surface area contributed by atoms with Crippen molar-refractivity contribution in [1.29, 1.82) is 0 Å². The lowest BCUT2D eigenvalue weighted by Gasteiger charge is -2.39. The first kappa shape index (κ1) is 18.6. The monoisotopic (exact) mass is 338 g/mol. The maximum atomic E-state index is 12.0. The second-order valence-corrected chi connectivity index (χ2v) is 5.58. The first-order valence-electron chi connectivity index (χ1n) is 7.64. The van der Waals surface area contributed by atoms with Gasteiger partial charge in [0.2, 0.25) is 0 Å². The summed E-state index contributed by atoms with van der Waals surface area (Å²) in [5.41, 5.74) is 0.948. The van der Waals surface area contributed by atoms with Crippen molar-refractivity contribution in [3.8, 4) is 0 Å². The molecular formula is C17H22O7. The van der Waals surface area contributed by atoms with Gasteiger partial charge in [0.05, 0.1) is 25.4 Å². The summed E-state index contributed by atoms with van der Waals surface area (Å²) < 4.78 is 10.2. The SMILES string of the molecule is COC(=O)C(=CC[C@@H]1O[C@H](CO)[C@H](O)[C@H](O)[C@H]1O)c1ccccc1. The summed E-state index contributed by atoms with van der Waals surface area (Å²) in [7, 11) is 1.27. The van der Waals surface area contributed by atoms with Crippen LogP contribution in [0.15, 0.2) is 36.4 Å². The number of aliphatic hydroxyl groups excluding tert-OH is 4. The van der Waals surface area contributed by atoms with Gasteiger partial charge in [-0.15, -0.1) is 0 Å². The first-order chi connectivity index (χ1) is 11.5. The van der Waals surface area contributed by atoms with Gasteiger partial charge in [-0.2, -0.15) is 0 Å². The Morgan fingerprint density at radius 1 is 1.12 bits per heavy atom. The Kier molecular flexibility index (Phi) is 6.47. The van der Waals surface area contributed by atoms with Gasteiger partial charge >= 0.3 is 5.97 Å². The Morgan fingerprint density at radius 2 is 1.75 bits per heavy atom. The molecule has 7 nitrogen and oxygen atoms in total. The molecule has 0 amide bonds. The van der Waals surface area contributed by atoms with Gasteiger partial charge in [-0.1, -0.05) is 36.4 Å². The van der Waals surface area contributed by atoms with Gasteiger partial charge < -0.3 is 29.9 Å². The molecule has 1 aliphatic rings. The molecule has 1 aliphatic heterocycles. The molecule has 0 aromatic heterocycles. The molecule has 4 N–H and O–H groups in total. The fourth-order valence-corrected chi connectivity index (χ4v) is 2.65. The molecule has 0 aliphatic carbocycles. The van der Waals surface area contributed by atoms with Crippen LogP contribution in [0.25, 0.3) is 5.57 Å². The summed E-state index contributed by atoms with van der Waals surface area (Å²) in [6, 6.07) is 8.86. The molecule has 1 fully saturated rings. The maximum Gasteiger partial charge on any atom is 0.338 e. The normalized spacial score (nSPS) is 30.9. The number of methoxy groups -OCH3 is 1. The van der Waals surface area contributed by atoms with Crippen LogP contribution in [-0.2, 0) is 14.3 Å². The van der Waals surface area contributed by atoms with E-state index in [4.69, 9.17) is 9.47 Å². The summed E-state index contributed by atoms with van der Waals surface area (Å²) in [6.07, 6.45) is -4.38. The topological polar surface area (TPSA) is 116 Å². The summed E-state index contributed by atoms with van der Waals surface area (Å²) in [5, 5.41) is 38.8. The third-order valence-corrected chi connectivity index (χ3v) is 4.04. The molecule has 1 saturated heterocycles. The molecule has 7 heteroatoms.